The first kappa shape index (κ1) is 18.7. The van der Waals surface area contributed by atoms with Gasteiger partial charge in [-0.05, 0) is 49.7 Å². The lowest BCUT2D eigenvalue weighted by molar-refractivity contribution is 0.0811. The number of ketones is 1. The van der Waals surface area contributed by atoms with Crippen LogP contribution in [0.15, 0.2) is 42.5 Å². The number of ether oxygens (including phenoxy) is 2. The maximum Gasteiger partial charge on any atom is 0.167 e. The van der Waals surface area contributed by atoms with Crippen molar-refractivity contribution in [1.29, 1.82) is 0 Å². The van der Waals surface area contributed by atoms with Gasteiger partial charge in [0.25, 0.3) is 0 Å². The Labute approximate surface area is 159 Å². The zero-order valence-corrected chi connectivity index (χ0v) is 16.0. The number of likely N-dealkylation sites (tertiary alicyclic amines) is 1. The molecule has 1 saturated heterocycles. The first-order valence-corrected chi connectivity index (χ1v) is 9.21. The largest absolute Gasteiger partial charge is 0.497 e. The highest BCUT2D eigenvalue weighted by Crippen LogP contribution is 2.28. The van der Waals surface area contributed by atoms with Crippen molar-refractivity contribution in [2.45, 2.75) is 19.4 Å². The lowest BCUT2D eigenvalue weighted by Crippen LogP contribution is -2.38. The fraction of sp³-hybridized carbons (Fsp3) is 0.381. The maximum atomic E-state index is 12.8. The van der Waals surface area contributed by atoms with Gasteiger partial charge in [-0.25, -0.2) is 0 Å². The molecule has 0 aromatic heterocycles. The molecule has 0 saturated carbocycles. The second kappa shape index (κ2) is 8.56. The molecule has 0 bridgehead atoms. The average Bonchev–Trinajstić information content (AvgIpc) is 2.68. The third-order valence-electron chi connectivity index (χ3n) is 4.89. The number of nitrogens with zero attached hydrogens (tertiary/aromatic N) is 1. The second-order valence-corrected chi connectivity index (χ2v) is 7.06. The van der Waals surface area contributed by atoms with Gasteiger partial charge >= 0.3 is 0 Å². The summed E-state index contributed by atoms with van der Waals surface area (Å²) in [7, 11) is 3.31. The van der Waals surface area contributed by atoms with E-state index >= 15 is 0 Å². The summed E-state index contributed by atoms with van der Waals surface area (Å²) in [6.45, 7) is 2.51. The van der Waals surface area contributed by atoms with Crippen LogP contribution in [-0.4, -0.2) is 38.0 Å². The highest BCUT2D eigenvalue weighted by atomic mass is 35.5. The minimum absolute atomic E-state index is 0.0224. The van der Waals surface area contributed by atoms with Gasteiger partial charge in [-0.3, -0.25) is 9.69 Å². The number of rotatable bonds is 6. The zero-order valence-electron chi connectivity index (χ0n) is 15.2. The number of methoxy groups -OCH3 is 2. The average molecular weight is 374 g/mol. The molecular formula is C21H24ClNO3. The molecule has 4 nitrogen and oxygen atoms in total. The molecule has 5 heteroatoms. The van der Waals surface area contributed by atoms with Crippen LogP contribution in [0.3, 0.4) is 0 Å². The summed E-state index contributed by atoms with van der Waals surface area (Å²) in [6, 6.07) is 13.1. The highest BCUT2D eigenvalue weighted by Gasteiger charge is 2.27. The Bertz CT molecular complexity index is 760. The van der Waals surface area contributed by atoms with E-state index in [0.717, 1.165) is 55.1 Å². The molecule has 3 rings (SSSR count). The number of hydrogen-bond donors (Lipinski definition) is 0. The molecule has 0 spiro atoms. The molecule has 1 fully saturated rings. The molecule has 0 radical (unpaired) electrons. The predicted octanol–water partition coefficient (Wildman–Crippen LogP) is 4.45. The first-order valence-electron chi connectivity index (χ1n) is 8.83. The number of carbonyl (C=O) groups is 1. The Hall–Kier alpha value is -2.04. The molecule has 26 heavy (non-hydrogen) atoms. The van der Waals surface area contributed by atoms with Crippen molar-refractivity contribution in [3.8, 4) is 11.5 Å². The molecule has 0 aliphatic carbocycles. The number of Topliss-reactive ketones (excluding diaryl/α,β-unsaturated/α-hetero) is 1. The van der Waals surface area contributed by atoms with E-state index in [1.807, 2.05) is 30.3 Å². The van der Waals surface area contributed by atoms with Crippen LogP contribution in [0.1, 0.15) is 28.8 Å². The van der Waals surface area contributed by atoms with Crippen molar-refractivity contribution < 1.29 is 14.3 Å². The van der Waals surface area contributed by atoms with Gasteiger partial charge in [0.15, 0.2) is 5.78 Å². The van der Waals surface area contributed by atoms with E-state index < -0.39 is 0 Å². The predicted molar refractivity (Wildman–Crippen MR) is 103 cm³/mol. The van der Waals surface area contributed by atoms with E-state index in [4.69, 9.17) is 21.1 Å². The number of benzene rings is 2. The topological polar surface area (TPSA) is 38.8 Å². The van der Waals surface area contributed by atoms with E-state index in [9.17, 15) is 4.79 Å². The molecule has 2 aromatic carbocycles. The number of halogens is 1. The van der Waals surface area contributed by atoms with Gasteiger partial charge in [-0.1, -0.05) is 17.7 Å². The third kappa shape index (κ3) is 4.37. The standard InChI is InChI=1S/C21H24ClNO3/c1-25-19-10-7-16(20(12-19)26-2)13-23-11-3-4-17(14-23)21(24)15-5-8-18(22)9-6-15/h5-10,12,17H,3-4,11,13-14H2,1-2H3/t17-/m1/s1. The van der Waals surface area contributed by atoms with Gasteiger partial charge in [-0.15, -0.1) is 0 Å². The van der Waals surface area contributed by atoms with Crippen LogP contribution in [0.4, 0.5) is 0 Å². The van der Waals surface area contributed by atoms with Crippen LogP contribution < -0.4 is 9.47 Å². The van der Waals surface area contributed by atoms with Crippen LogP contribution in [-0.2, 0) is 6.54 Å². The van der Waals surface area contributed by atoms with Gasteiger partial charge < -0.3 is 9.47 Å². The Morgan fingerprint density at radius 3 is 2.62 bits per heavy atom. The van der Waals surface area contributed by atoms with Crippen molar-refractivity contribution in [3.05, 3.63) is 58.6 Å². The Morgan fingerprint density at radius 2 is 1.92 bits per heavy atom. The fourth-order valence-corrected chi connectivity index (χ4v) is 3.61. The van der Waals surface area contributed by atoms with Gasteiger partial charge in [0.05, 0.1) is 14.2 Å². The fourth-order valence-electron chi connectivity index (χ4n) is 3.49. The van der Waals surface area contributed by atoms with E-state index in [1.54, 1.807) is 26.4 Å². The SMILES string of the molecule is COc1ccc(CN2CCC[C@@H](C(=O)c3ccc(Cl)cc3)C2)c(OC)c1. The van der Waals surface area contributed by atoms with Gasteiger partial charge in [0, 0.05) is 41.2 Å². The van der Waals surface area contributed by atoms with Gasteiger partial charge in [-0.2, -0.15) is 0 Å². The summed E-state index contributed by atoms with van der Waals surface area (Å²) in [5, 5.41) is 0.651. The minimum atomic E-state index is 0.0224. The van der Waals surface area contributed by atoms with E-state index in [2.05, 4.69) is 4.90 Å². The maximum absolute atomic E-state index is 12.8. The summed E-state index contributed by atoms with van der Waals surface area (Å²) in [6.07, 6.45) is 1.94. The van der Waals surface area contributed by atoms with Crippen molar-refractivity contribution in [2.24, 2.45) is 5.92 Å². The highest BCUT2D eigenvalue weighted by molar-refractivity contribution is 6.30. The zero-order chi connectivity index (χ0) is 18.5. The second-order valence-electron chi connectivity index (χ2n) is 6.62. The van der Waals surface area contributed by atoms with Crippen molar-refractivity contribution in [3.63, 3.8) is 0 Å². The lowest BCUT2D eigenvalue weighted by atomic mass is 9.90. The Balaban J connectivity index is 1.69. The smallest absolute Gasteiger partial charge is 0.167 e. The number of piperidine rings is 1. The van der Waals surface area contributed by atoms with E-state index in [1.165, 1.54) is 0 Å². The summed E-state index contributed by atoms with van der Waals surface area (Å²) in [5.41, 5.74) is 1.84. The lowest BCUT2D eigenvalue weighted by Gasteiger charge is -2.32. The van der Waals surface area contributed by atoms with Crippen molar-refractivity contribution in [1.82, 2.24) is 4.90 Å². The molecule has 2 aromatic rings. The van der Waals surface area contributed by atoms with Crippen LogP contribution >= 0.6 is 11.6 Å². The van der Waals surface area contributed by atoms with Crippen LogP contribution in [0.25, 0.3) is 0 Å². The van der Waals surface area contributed by atoms with Crippen LogP contribution in [0, 0.1) is 5.92 Å². The molecule has 0 N–H and O–H groups in total. The molecule has 1 atom stereocenters. The van der Waals surface area contributed by atoms with Crippen molar-refractivity contribution in [2.75, 3.05) is 27.3 Å². The summed E-state index contributed by atoms with van der Waals surface area (Å²) < 4.78 is 10.8. The summed E-state index contributed by atoms with van der Waals surface area (Å²) in [4.78, 5) is 15.1. The van der Waals surface area contributed by atoms with Gasteiger partial charge in [0.2, 0.25) is 0 Å². The summed E-state index contributed by atoms with van der Waals surface area (Å²) >= 11 is 5.93. The van der Waals surface area contributed by atoms with Crippen LogP contribution in [0.5, 0.6) is 11.5 Å². The molecular weight excluding hydrogens is 350 g/mol. The molecule has 0 amide bonds. The first-order chi connectivity index (χ1) is 12.6. The van der Waals surface area contributed by atoms with Gasteiger partial charge in [0.1, 0.15) is 11.5 Å². The van der Waals surface area contributed by atoms with E-state index in [-0.39, 0.29) is 11.7 Å². The van der Waals surface area contributed by atoms with Crippen molar-refractivity contribution >= 4 is 17.4 Å². The Kier molecular flexibility index (Phi) is 6.17. The molecule has 0 unspecified atom stereocenters. The van der Waals surface area contributed by atoms with E-state index in [0.29, 0.717) is 5.02 Å². The summed E-state index contributed by atoms with van der Waals surface area (Å²) in [5.74, 6) is 1.82. The molecule has 1 heterocycles. The Morgan fingerprint density at radius 1 is 1.15 bits per heavy atom. The normalized spacial score (nSPS) is 17.7. The molecule has 1 aliphatic heterocycles. The molecule has 138 valence electrons. The van der Waals surface area contributed by atoms with Crippen LogP contribution in [0.2, 0.25) is 5.02 Å². The number of hydrogen-bond acceptors (Lipinski definition) is 4. The third-order valence-corrected chi connectivity index (χ3v) is 5.15. The minimum Gasteiger partial charge on any atom is -0.497 e. The quantitative estimate of drug-likeness (QED) is 0.701. The monoisotopic (exact) mass is 373 g/mol. The number of carbonyl (C=O) groups excluding carboxylic acids is 1. The molecule has 1 aliphatic rings.